The zero-order valence-corrected chi connectivity index (χ0v) is 19.1. The van der Waals surface area contributed by atoms with Crippen molar-refractivity contribution in [1.82, 2.24) is 0 Å². The Morgan fingerprint density at radius 2 is 1.73 bits per heavy atom. The number of aliphatic hydroxyl groups excluding tert-OH is 1. The molecule has 0 spiro atoms. The van der Waals surface area contributed by atoms with Crippen LogP contribution in [0.1, 0.15) is 27.7 Å². The predicted octanol–water partition coefficient (Wildman–Crippen LogP) is 5.95. The molecule has 2 N–H and O–H groups in total. The fraction of sp³-hybridized carbons (Fsp3) is 0.111. The lowest BCUT2D eigenvalue weighted by molar-refractivity contribution is -0.137. The van der Waals surface area contributed by atoms with Crippen LogP contribution in [0.2, 0.25) is 0 Å². The number of rotatable bonds is 5. The number of phenolic OH excluding ortho intramolecular Hbond substituents is 1. The number of para-hydroxylation sites is 1. The van der Waals surface area contributed by atoms with Gasteiger partial charge in [-0.25, -0.2) is 0 Å². The van der Waals surface area contributed by atoms with Gasteiger partial charge in [-0.3, -0.25) is 14.5 Å². The first-order valence-electron chi connectivity index (χ1n) is 10.9. The molecule has 4 aromatic rings. The van der Waals surface area contributed by atoms with Gasteiger partial charge in [-0.2, -0.15) is 13.2 Å². The number of aliphatic hydroxyl groups is 1. The van der Waals surface area contributed by atoms with Gasteiger partial charge in [-0.05, 0) is 48.0 Å². The topological polar surface area (TPSA) is 100 Å². The van der Waals surface area contributed by atoms with Crippen LogP contribution in [0.3, 0.4) is 0 Å². The van der Waals surface area contributed by atoms with E-state index in [9.17, 15) is 33.0 Å². The number of ether oxygens (including phenoxy) is 1. The van der Waals surface area contributed by atoms with Gasteiger partial charge in [0.1, 0.15) is 5.75 Å². The van der Waals surface area contributed by atoms with Gasteiger partial charge < -0.3 is 19.4 Å². The molecule has 1 amide bonds. The second kappa shape index (κ2) is 8.74. The zero-order chi connectivity index (χ0) is 26.5. The number of ketones is 1. The Bertz CT molecular complexity index is 1590. The summed E-state index contributed by atoms with van der Waals surface area (Å²) in [6, 6.07) is 14.5. The number of phenols is 1. The van der Waals surface area contributed by atoms with Gasteiger partial charge in [0.25, 0.3) is 5.91 Å². The highest BCUT2D eigenvalue weighted by molar-refractivity contribution is 6.20. The Balaban J connectivity index is 1.67. The Kier molecular flexibility index (Phi) is 5.66. The number of Topliss-reactive ketones (excluding diaryl/α,β-unsaturated/α-hetero) is 1. The molecule has 37 heavy (non-hydrogen) atoms. The molecular weight excluding hydrogens is 491 g/mol. The normalized spacial score (nSPS) is 16.1. The van der Waals surface area contributed by atoms with Crippen molar-refractivity contribution in [3.8, 4) is 11.5 Å². The van der Waals surface area contributed by atoms with E-state index in [1.54, 1.807) is 18.2 Å². The van der Waals surface area contributed by atoms with Gasteiger partial charge in [0.2, 0.25) is 5.78 Å². The third kappa shape index (κ3) is 4.06. The van der Waals surface area contributed by atoms with Crippen molar-refractivity contribution in [2.45, 2.75) is 12.2 Å². The molecule has 1 atom stereocenters. The Labute approximate surface area is 207 Å². The SMILES string of the molecule is COc1cccc2cc(C(=O)C3=C(O)C(=O)N(c4cccc(C(F)(F)F)c4)C3c3cccc(O)c3)oc12. The molecule has 188 valence electrons. The summed E-state index contributed by atoms with van der Waals surface area (Å²) in [6.45, 7) is 0. The summed E-state index contributed by atoms with van der Waals surface area (Å²) >= 11 is 0. The molecule has 5 rings (SSSR count). The molecule has 0 saturated carbocycles. The van der Waals surface area contributed by atoms with Crippen LogP contribution in [0.15, 0.2) is 88.5 Å². The first-order chi connectivity index (χ1) is 17.6. The highest BCUT2D eigenvalue weighted by atomic mass is 19.4. The van der Waals surface area contributed by atoms with Crippen LogP contribution in [0.4, 0.5) is 18.9 Å². The minimum atomic E-state index is -4.69. The van der Waals surface area contributed by atoms with Crippen molar-refractivity contribution < 1.29 is 42.1 Å². The average molecular weight is 509 g/mol. The molecular formula is C27H18F3NO6. The molecule has 1 aliphatic rings. The van der Waals surface area contributed by atoms with Crippen LogP contribution in [-0.4, -0.2) is 29.0 Å². The Morgan fingerprint density at radius 3 is 2.43 bits per heavy atom. The van der Waals surface area contributed by atoms with E-state index in [1.807, 2.05) is 0 Å². The number of anilines is 1. The van der Waals surface area contributed by atoms with E-state index in [2.05, 4.69) is 0 Å². The lowest BCUT2D eigenvalue weighted by atomic mass is 9.94. The van der Waals surface area contributed by atoms with Gasteiger partial charge in [-0.15, -0.1) is 0 Å². The van der Waals surface area contributed by atoms with E-state index in [0.717, 1.165) is 23.1 Å². The molecule has 7 nitrogen and oxygen atoms in total. The van der Waals surface area contributed by atoms with Crippen molar-refractivity contribution in [2.24, 2.45) is 0 Å². The number of hydrogen-bond donors (Lipinski definition) is 2. The van der Waals surface area contributed by atoms with Crippen molar-refractivity contribution >= 4 is 28.3 Å². The van der Waals surface area contributed by atoms with Crippen molar-refractivity contribution in [2.75, 3.05) is 12.0 Å². The molecule has 1 aromatic heterocycles. The standard InChI is InChI=1S/C27H18F3NO6/c1-36-19-10-3-6-15-12-20(37-25(15)19)23(33)21-22(14-5-2-9-18(32)11-14)31(26(35)24(21)34)17-8-4-7-16(13-17)27(28,29)30/h2-13,22,32,34H,1H3. The Hall–Kier alpha value is -4.73. The highest BCUT2D eigenvalue weighted by Gasteiger charge is 2.46. The van der Waals surface area contributed by atoms with Gasteiger partial charge >= 0.3 is 6.18 Å². The Morgan fingerprint density at radius 1 is 1.00 bits per heavy atom. The maximum Gasteiger partial charge on any atom is 0.416 e. The maximum absolute atomic E-state index is 13.7. The van der Waals surface area contributed by atoms with Crippen molar-refractivity contribution in [3.05, 3.63) is 101 Å². The monoisotopic (exact) mass is 509 g/mol. The fourth-order valence-electron chi connectivity index (χ4n) is 4.39. The molecule has 0 saturated heterocycles. The number of hydrogen-bond acceptors (Lipinski definition) is 6. The number of halogens is 3. The summed E-state index contributed by atoms with van der Waals surface area (Å²) in [5.41, 5.74) is -1.18. The van der Waals surface area contributed by atoms with Crippen LogP contribution in [0.5, 0.6) is 11.5 Å². The van der Waals surface area contributed by atoms with E-state index >= 15 is 0 Å². The summed E-state index contributed by atoms with van der Waals surface area (Å²) < 4.78 is 51.2. The number of carbonyl (C=O) groups excluding carboxylic acids is 2. The summed E-state index contributed by atoms with van der Waals surface area (Å²) in [4.78, 5) is 27.8. The largest absolute Gasteiger partial charge is 0.508 e. The van der Waals surface area contributed by atoms with E-state index in [4.69, 9.17) is 9.15 Å². The molecule has 0 radical (unpaired) electrons. The molecule has 2 heterocycles. The smallest absolute Gasteiger partial charge is 0.416 e. The number of methoxy groups -OCH3 is 1. The molecule has 3 aromatic carbocycles. The highest BCUT2D eigenvalue weighted by Crippen LogP contribution is 2.44. The van der Waals surface area contributed by atoms with Gasteiger partial charge in [0, 0.05) is 11.1 Å². The summed E-state index contributed by atoms with van der Waals surface area (Å²) in [6.07, 6.45) is -4.69. The fourth-order valence-corrected chi connectivity index (χ4v) is 4.39. The van der Waals surface area contributed by atoms with Crippen LogP contribution in [0.25, 0.3) is 11.0 Å². The number of fused-ring (bicyclic) bond motifs is 1. The third-order valence-electron chi connectivity index (χ3n) is 6.04. The van der Waals surface area contributed by atoms with Crippen LogP contribution >= 0.6 is 0 Å². The number of furan rings is 1. The second-order valence-electron chi connectivity index (χ2n) is 8.30. The minimum absolute atomic E-state index is 0.187. The number of nitrogens with zero attached hydrogens (tertiary/aromatic N) is 1. The van der Waals surface area contributed by atoms with Crippen molar-refractivity contribution in [3.63, 3.8) is 0 Å². The molecule has 1 unspecified atom stereocenters. The summed E-state index contributed by atoms with van der Waals surface area (Å²) in [5, 5.41) is 21.4. The molecule has 0 bridgehead atoms. The van der Waals surface area contributed by atoms with Gasteiger partial charge in [0.05, 0.1) is 24.3 Å². The zero-order valence-electron chi connectivity index (χ0n) is 19.1. The predicted molar refractivity (Wildman–Crippen MR) is 127 cm³/mol. The first kappa shape index (κ1) is 24.0. The van der Waals surface area contributed by atoms with E-state index in [-0.39, 0.29) is 28.3 Å². The molecule has 0 aliphatic carbocycles. The number of benzene rings is 3. The number of amides is 1. The van der Waals surface area contributed by atoms with Crippen LogP contribution < -0.4 is 9.64 Å². The maximum atomic E-state index is 13.7. The van der Waals surface area contributed by atoms with E-state index in [1.165, 1.54) is 43.5 Å². The number of carbonyl (C=O) groups is 2. The van der Waals surface area contributed by atoms with Gasteiger partial charge in [-0.1, -0.05) is 30.3 Å². The first-order valence-corrected chi connectivity index (χ1v) is 10.9. The number of alkyl halides is 3. The average Bonchev–Trinajstić information content (AvgIpc) is 3.42. The van der Waals surface area contributed by atoms with E-state index < -0.39 is 40.8 Å². The molecule has 1 aliphatic heterocycles. The van der Waals surface area contributed by atoms with Crippen LogP contribution in [0, 0.1) is 0 Å². The quantitative estimate of drug-likeness (QED) is 0.323. The van der Waals surface area contributed by atoms with E-state index in [0.29, 0.717) is 11.1 Å². The third-order valence-corrected chi connectivity index (χ3v) is 6.04. The molecule has 10 heteroatoms. The molecule has 0 fully saturated rings. The number of aromatic hydroxyl groups is 1. The minimum Gasteiger partial charge on any atom is -0.508 e. The lowest BCUT2D eigenvalue weighted by Crippen LogP contribution is -2.31. The van der Waals surface area contributed by atoms with Crippen LogP contribution in [-0.2, 0) is 11.0 Å². The van der Waals surface area contributed by atoms with Gasteiger partial charge in [0.15, 0.2) is 22.9 Å². The summed E-state index contributed by atoms with van der Waals surface area (Å²) in [7, 11) is 1.42. The second-order valence-corrected chi connectivity index (χ2v) is 8.30. The summed E-state index contributed by atoms with van der Waals surface area (Å²) in [5.74, 6) is -2.95. The van der Waals surface area contributed by atoms with Crippen molar-refractivity contribution in [1.29, 1.82) is 0 Å². The lowest BCUT2D eigenvalue weighted by Gasteiger charge is -2.27.